The van der Waals surface area contributed by atoms with Crippen molar-refractivity contribution >= 4 is 17.7 Å². The molecule has 2 atom stereocenters. The molecule has 0 spiro atoms. The van der Waals surface area contributed by atoms with E-state index in [0.717, 1.165) is 30.9 Å². The summed E-state index contributed by atoms with van der Waals surface area (Å²) in [4.78, 5) is 14.4. The number of amides is 1. The number of hydrogen-bond acceptors (Lipinski definition) is 3. The van der Waals surface area contributed by atoms with Gasteiger partial charge in [0.1, 0.15) is 0 Å². The number of rotatable bonds is 6. The molecule has 1 saturated heterocycles. The molecule has 0 radical (unpaired) electrons. The molecule has 21 heavy (non-hydrogen) atoms. The van der Waals surface area contributed by atoms with Gasteiger partial charge in [0.15, 0.2) is 0 Å². The molecule has 116 valence electrons. The largest absolute Gasteiger partial charge is 0.342 e. The van der Waals surface area contributed by atoms with Crippen LogP contribution in [-0.4, -0.2) is 48.0 Å². The van der Waals surface area contributed by atoms with Gasteiger partial charge in [-0.1, -0.05) is 37.3 Å². The van der Waals surface area contributed by atoms with E-state index in [0.29, 0.717) is 12.5 Å². The van der Waals surface area contributed by atoms with Gasteiger partial charge in [0.25, 0.3) is 0 Å². The molecule has 1 fully saturated rings. The Morgan fingerprint density at radius 2 is 2.19 bits per heavy atom. The lowest BCUT2D eigenvalue weighted by molar-refractivity contribution is -0.132. The van der Waals surface area contributed by atoms with E-state index in [-0.39, 0.29) is 11.9 Å². The van der Waals surface area contributed by atoms with Gasteiger partial charge < -0.3 is 10.2 Å². The topological polar surface area (TPSA) is 32.3 Å². The lowest BCUT2D eigenvalue weighted by Crippen LogP contribution is -2.44. The molecular formula is C17H26N2OS. The minimum atomic E-state index is 0.262. The van der Waals surface area contributed by atoms with Crippen molar-refractivity contribution in [3.05, 3.63) is 35.9 Å². The highest BCUT2D eigenvalue weighted by Gasteiger charge is 2.23. The standard InChI is InChI=1S/C17H26N2OS/c1-3-16(11-14-7-5-4-6-8-14)19(2)17(20)12-15-13-21-10-9-18-15/h4-8,15-16,18H,3,9-13H2,1-2H3. The van der Waals surface area contributed by atoms with Gasteiger partial charge in [-0.3, -0.25) is 4.79 Å². The molecule has 3 nitrogen and oxygen atoms in total. The first-order valence-corrected chi connectivity index (χ1v) is 8.97. The third kappa shape index (κ3) is 5.04. The molecule has 1 aliphatic rings. The average Bonchev–Trinajstić information content (AvgIpc) is 2.54. The second kappa shape index (κ2) is 8.44. The van der Waals surface area contributed by atoms with E-state index in [1.807, 2.05) is 29.8 Å². The number of carbonyl (C=O) groups is 1. The quantitative estimate of drug-likeness (QED) is 0.877. The maximum atomic E-state index is 12.5. The first-order chi connectivity index (χ1) is 10.2. The minimum Gasteiger partial charge on any atom is -0.342 e. The normalized spacial score (nSPS) is 20.0. The predicted molar refractivity (Wildman–Crippen MR) is 90.7 cm³/mol. The number of nitrogens with one attached hydrogen (secondary N) is 1. The van der Waals surface area contributed by atoms with E-state index in [1.54, 1.807) is 0 Å². The Hall–Kier alpha value is -1.000. The Morgan fingerprint density at radius 1 is 1.43 bits per heavy atom. The van der Waals surface area contributed by atoms with Crippen LogP contribution < -0.4 is 5.32 Å². The molecule has 1 N–H and O–H groups in total. The lowest BCUT2D eigenvalue weighted by Gasteiger charge is -2.30. The van der Waals surface area contributed by atoms with Gasteiger partial charge in [-0.15, -0.1) is 0 Å². The third-order valence-electron chi connectivity index (χ3n) is 4.15. The van der Waals surface area contributed by atoms with Crippen LogP contribution in [0.5, 0.6) is 0 Å². The van der Waals surface area contributed by atoms with Gasteiger partial charge in [-0.05, 0) is 18.4 Å². The van der Waals surface area contributed by atoms with Crippen molar-refractivity contribution in [2.24, 2.45) is 0 Å². The number of hydrogen-bond donors (Lipinski definition) is 1. The summed E-state index contributed by atoms with van der Waals surface area (Å²) >= 11 is 1.94. The van der Waals surface area contributed by atoms with Crippen LogP contribution in [0.3, 0.4) is 0 Å². The number of nitrogens with zero attached hydrogens (tertiary/aromatic N) is 1. The van der Waals surface area contributed by atoms with E-state index < -0.39 is 0 Å². The number of benzene rings is 1. The fraction of sp³-hybridized carbons (Fsp3) is 0.588. The summed E-state index contributed by atoms with van der Waals surface area (Å²) in [5.41, 5.74) is 1.30. The Morgan fingerprint density at radius 3 is 2.81 bits per heavy atom. The molecule has 1 aromatic carbocycles. The second-order valence-electron chi connectivity index (χ2n) is 5.69. The summed E-state index contributed by atoms with van der Waals surface area (Å²) in [6.07, 6.45) is 2.55. The molecule has 0 saturated carbocycles. The monoisotopic (exact) mass is 306 g/mol. The molecule has 4 heteroatoms. The van der Waals surface area contributed by atoms with Gasteiger partial charge in [0, 0.05) is 43.6 Å². The lowest BCUT2D eigenvalue weighted by atomic mass is 10.0. The highest BCUT2D eigenvalue weighted by molar-refractivity contribution is 7.99. The fourth-order valence-electron chi connectivity index (χ4n) is 2.75. The van der Waals surface area contributed by atoms with E-state index in [1.165, 1.54) is 5.56 Å². The fourth-order valence-corrected chi connectivity index (χ4v) is 3.70. The van der Waals surface area contributed by atoms with E-state index >= 15 is 0 Å². The molecule has 2 unspecified atom stereocenters. The summed E-state index contributed by atoms with van der Waals surface area (Å²) < 4.78 is 0. The Balaban J connectivity index is 1.89. The van der Waals surface area contributed by atoms with E-state index in [4.69, 9.17) is 0 Å². The van der Waals surface area contributed by atoms with Crippen LogP contribution in [0.4, 0.5) is 0 Å². The zero-order valence-corrected chi connectivity index (χ0v) is 13.9. The zero-order valence-electron chi connectivity index (χ0n) is 13.0. The highest BCUT2D eigenvalue weighted by Crippen LogP contribution is 2.15. The number of likely N-dealkylation sites (N-methyl/N-ethyl adjacent to an activating group) is 1. The summed E-state index contributed by atoms with van der Waals surface area (Å²) in [7, 11) is 1.95. The molecule has 1 aromatic rings. The molecule has 2 rings (SSSR count). The zero-order chi connectivity index (χ0) is 15.1. The van der Waals surface area contributed by atoms with Gasteiger partial charge in [-0.25, -0.2) is 0 Å². The average molecular weight is 306 g/mol. The van der Waals surface area contributed by atoms with Crippen molar-refractivity contribution in [2.75, 3.05) is 25.1 Å². The number of thioether (sulfide) groups is 1. The first-order valence-electron chi connectivity index (χ1n) is 7.81. The van der Waals surface area contributed by atoms with Crippen LogP contribution in [0.2, 0.25) is 0 Å². The van der Waals surface area contributed by atoms with Crippen molar-refractivity contribution in [3.8, 4) is 0 Å². The van der Waals surface area contributed by atoms with Crippen LogP contribution in [0.25, 0.3) is 0 Å². The van der Waals surface area contributed by atoms with Gasteiger partial charge in [0.2, 0.25) is 5.91 Å². The molecule has 0 aromatic heterocycles. The highest BCUT2D eigenvalue weighted by atomic mass is 32.2. The van der Waals surface area contributed by atoms with Crippen molar-refractivity contribution in [2.45, 2.75) is 38.3 Å². The van der Waals surface area contributed by atoms with Gasteiger partial charge in [-0.2, -0.15) is 11.8 Å². The smallest absolute Gasteiger partial charge is 0.224 e. The van der Waals surface area contributed by atoms with Crippen LogP contribution in [0.15, 0.2) is 30.3 Å². The first kappa shape index (κ1) is 16.4. The molecule has 1 amide bonds. The van der Waals surface area contributed by atoms with Gasteiger partial charge >= 0.3 is 0 Å². The van der Waals surface area contributed by atoms with Crippen LogP contribution >= 0.6 is 11.8 Å². The Labute approximate surface area is 132 Å². The van der Waals surface area contributed by atoms with E-state index in [2.05, 4.69) is 36.5 Å². The van der Waals surface area contributed by atoms with Crippen LogP contribution in [0, 0.1) is 0 Å². The SMILES string of the molecule is CCC(Cc1ccccc1)N(C)C(=O)CC1CSCCN1. The van der Waals surface area contributed by atoms with Crippen LogP contribution in [-0.2, 0) is 11.2 Å². The van der Waals surface area contributed by atoms with Crippen molar-refractivity contribution in [1.82, 2.24) is 10.2 Å². The molecule has 0 aliphatic carbocycles. The molecule has 1 aliphatic heterocycles. The summed E-state index contributed by atoms with van der Waals surface area (Å²) in [6.45, 7) is 3.18. The molecule has 0 bridgehead atoms. The van der Waals surface area contributed by atoms with Crippen molar-refractivity contribution in [3.63, 3.8) is 0 Å². The summed E-state index contributed by atoms with van der Waals surface area (Å²) in [5, 5.41) is 3.44. The molecular weight excluding hydrogens is 280 g/mol. The van der Waals surface area contributed by atoms with Gasteiger partial charge in [0.05, 0.1) is 0 Å². The summed E-state index contributed by atoms with van der Waals surface area (Å²) in [5.74, 6) is 2.47. The summed E-state index contributed by atoms with van der Waals surface area (Å²) in [6, 6.07) is 11.1. The minimum absolute atomic E-state index is 0.262. The van der Waals surface area contributed by atoms with Crippen molar-refractivity contribution < 1.29 is 4.79 Å². The number of carbonyl (C=O) groups excluding carboxylic acids is 1. The van der Waals surface area contributed by atoms with Crippen LogP contribution in [0.1, 0.15) is 25.3 Å². The third-order valence-corrected chi connectivity index (χ3v) is 5.28. The predicted octanol–water partition coefficient (Wildman–Crippen LogP) is 2.56. The second-order valence-corrected chi connectivity index (χ2v) is 6.84. The Kier molecular flexibility index (Phi) is 6.58. The maximum absolute atomic E-state index is 12.5. The van der Waals surface area contributed by atoms with Crippen molar-refractivity contribution in [1.29, 1.82) is 0 Å². The van der Waals surface area contributed by atoms with E-state index in [9.17, 15) is 4.79 Å². The maximum Gasteiger partial charge on any atom is 0.224 e. The molecule has 1 heterocycles. The Bertz CT molecular complexity index is 432.